The van der Waals surface area contributed by atoms with E-state index in [4.69, 9.17) is 0 Å². The van der Waals surface area contributed by atoms with E-state index in [0.29, 0.717) is 5.92 Å². The van der Waals surface area contributed by atoms with Crippen LogP contribution in [0, 0.1) is 0 Å². The summed E-state index contributed by atoms with van der Waals surface area (Å²) >= 11 is 1.79. The number of hydrogen-bond acceptors (Lipinski definition) is 3. The van der Waals surface area contributed by atoms with Crippen LogP contribution < -0.4 is 5.32 Å². The second-order valence-corrected chi connectivity index (χ2v) is 5.40. The molecule has 19 heavy (non-hydrogen) atoms. The molecule has 0 amide bonds. The minimum atomic E-state index is 0.276. The van der Waals surface area contributed by atoms with Gasteiger partial charge in [0.25, 0.3) is 0 Å². The molecule has 1 N–H and O–H groups in total. The van der Waals surface area contributed by atoms with Crippen LogP contribution in [-0.4, -0.2) is 18.3 Å². The fourth-order valence-corrected chi connectivity index (χ4v) is 3.06. The topological polar surface area (TPSA) is 24.9 Å². The number of nitrogens with zero attached hydrogens (tertiary/aromatic N) is 1. The monoisotopic (exact) mass is 272 g/mol. The van der Waals surface area contributed by atoms with Crippen LogP contribution in [0.5, 0.6) is 0 Å². The smallest absolute Gasteiger partial charge is 0.0450 e. The molecule has 2 rings (SSSR count). The molecule has 2 aromatic rings. The number of aromatic nitrogens is 1. The van der Waals surface area contributed by atoms with Crippen LogP contribution in [0.3, 0.4) is 0 Å². The van der Waals surface area contributed by atoms with E-state index >= 15 is 0 Å². The first-order valence-corrected chi connectivity index (χ1v) is 7.71. The molecule has 0 bridgehead atoms. The molecular formula is C16H20N2S. The van der Waals surface area contributed by atoms with Gasteiger partial charge in [0.2, 0.25) is 0 Å². The van der Waals surface area contributed by atoms with Crippen LogP contribution in [0.2, 0.25) is 0 Å². The molecule has 2 nitrogen and oxygen atoms in total. The van der Waals surface area contributed by atoms with Gasteiger partial charge in [-0.2, -0.15) is 0 Å². The summed E-state index contributed by atoms with van der Waals surface area (Å²) in [5.74, 6) is 0.333. The van der Waals surface area contributed by atoms with Crippen LogP contribution >= 0.6 is 11.8 Å². The Kier molecular flexibility index (Phi) is 5.00. The van der Waals surface area contributed by atoms with Gasteiger partial charge in [-0.05, 0) is 37.1 Å². The highest BCUT2D eigenvalue weighted by Gasteiger charge is 2.22. The summed E-state index contributed by atoms with van der Waals surface area (Å²) in [6, 6.07) is 14.9. The molecule has 0 aliphatic carbocycles. The number of rotatable bonds is 5. The number of benzene rings is 1. The third kappa shape index (κ3) is 3.17. The van der Waals surface area contributed by atoms with E-state index in [1.54, 1.807) is 11.8 Å². The van der Waals surface area contributed by atoms with Crippen molar-refractivity contribution in [3.05, 3.63) is 59.9 Å². The quantitative estimate of drug-likeness (QED) is 0.836. The Morgan fingerprint density at radius 3 is 2.47 bits per heavy atom. The lowest BCUT2D eigenvalue weighted by Crippen LogP contribution is -2.23. The highest BCUT2D eigenvalue weighted by molar-refractivity contribution is 7.98. The molecule has 0 aliphatic rings. The highest BCUT2D eigenvalue weighted by atomic mass is 32.2. The van der Waals surface area contributed by atoms with Crippen LogP contribution in [0.4, 0.5) is 0 Å². The second kappa shape index (κ2) is 6.73. The van der Waals surface area contributed by atoms with Crippen molar-refractivity contribution in [2.24, 2.45) is 0 Å². The predicted octanol–water partition coefficient (Wildman–Crippen LogP) is 3.87. The standard InChI is InChI=1S/C16H20N2S/c1-12(14-9-6-7-11-18-14)16(17-2)13-8-4-5-10-15(13)19-3/h4-12,16-17H,1-3H3. The summed E-state index contributed by atoms with van der Waals surface area (Å²) < 4.78 is 0. The number of nitrogens with one attached hydrogen (secondary N) is 1. The van der Waals surface area contributed by atoms with Gasteiger partial charge in [0.1, 0.15) is 0 Å². The molecule has 0 saturated heterocycles. The Morgan fingerprint density at radius 1 is 1.11 bits per heavy atom. The van der Waals surface area contributed by atoms with Crippen LogP contribution in [-0.2, 0) is 0 Å². The Morgan fingerprint density at radius 2 is 1.84 bits per heavy atom. The van der Waals surface area contributed by atoms with Crippen molar-refractivity contribution in [2.75, 3.05) is 13.3 Å². The minimum absolute atomic E-state index is 0.276. The lowest BCUT2D eigenvalue weighted by Gasteiger charge is -2.25. The van der Waals surface area contributed by atoms with Gasteiger partial charge in [0.05, 0.1) is 0 Å². The summed E-state index contributed by atoms with van der Waals surface area (Å²) in [6.07, 6.45) is 3.98. The van der Waals surface area contributed by atoms with Crippen molar-refractivity contribution in [1.29, 1.82) is 0 Å². The van der Waals surface area contributed by atoms with Gasteiger partial charge in [0.15, 0.2) is 0 Å². The van der Waals surface area contributed by atoms with E-state index in [-0.39, 0.29) is 6.04 Å². The first-order chi connectivity index (χ1) is 9.27. The average Bonchev–Trinajstić information content (AvgIpc) is 2.49. The second-order valence-electron chi connectivity index (χ2n) is 4.55. The van der Waals surface area contributed by atoms with Crippen LogP contribution in [0.15, 0.2) is 53.6 Å². The molecule has 3 heteroatoms. The fourth-order valence-electron chi connectivity index (χ4n) is 2.41. The molecular weight excluding hydrogens is 252 g/mol. The maximum atomic E-state index is 4.48. The predicted molar refractivity (Wildman–Crippen MR) is 82.7 cm³/mol. The first-order valence-electron chi connectivity index (χ1n) is 6.49. The normalized spacial score (nSPS) is 14.1. The molecule has 100 valence electrons. The molecule has 1 aromatic heterocycles. The molecule has 2 unspecified atom stereocenters. The third-order valence-electron chi connectivity index (χ3n) is 3.44. The van der Waals surface area contributed by atoms with Gasteiger partial charge >= 0.3 is 0 Å². The maximum Gasteiger partial charge on any atom is 0.0450 e. The Balaban J connectivity index is 2.34. The van der Waals surface area contributed by atoms with Gasteiger partial charge < -0.3 is 5.32 Å². The molecule has 0 saturated carbocycles. The number of hydrogen-bond donors (Lipinski definition) is 1. The van der Waals surface area contributed by atoms with E-state index in [0.717, 1.165) is 5.69 Å². The largest absolute Gasteiger partial charge is 0.312 e. The zero-order valence-electron chi connectivity index (χ0n) is 11.6. The van der Waals surface area contributed by atoms with Crippen LogP contribution in [0.1, 0.15) is 30.1 Å². The van der Waals surface area contributed by atoms with Crippen molar-refractivity contribution in [3.63, 3.8) is 0 Å². The molecule has 1 aromatic carbocycles. The highest BCUT2D eigenvalue weighted by Crippen LogP contribution is 2.34. The average molecular weight is 272 g/mol. The molecule has 2 atom stereocenters. The number of likely N-dealkylation sites (N-methyl/N-ethyl adjacent to an activating group) is 1. The molecule has 1 heterocycles. The van der Waals surface area contributed by atoms with Gasteiger partial charge in [-0.3, -0.25) is 4.98 Å². The molecule has 0 aliphatic heterocycles. The molecule has 0 spiro atoms. The molecule has 0 radical (unpaired) electrons. The lowest BCUT2D eigenvalue weighted by atomic mass is 9.91. The first kappa shape index (κ1) is 14.1. The summed E-state index contributed by atoms with van der Waals surface area (Å²) in [5, 5.41) is 3.44. The van der Waals surface area contributed by atoms with Gasteiger partial charge in [-0.1, -0.05) is 31.2 Å². The summed E-state index contributed by atoms with van der Waals surface area (Å²) in [7, 11) is 2.02. The fraction of sp³-hybridized carbons (Fsp3) is 0.312. The van der Waals surface area contributed by atoms with Crippen molar-refractivity contribution in [1.82, 2.24) is 10.3 Å². The summed E-state index contributed by atoms with van der Waals surface area (Å²) in [5.41, 5.74) is 2.47. The number of pyridine rings is 1. The Hall–Kier alpha value is -1.32. The summed E-state index contributed by atoms with van der Waals surface area (Å²) in [4.78, 5) is 5.81. The number of thioether (sulfide) groups is 1. The minimum Gasteiger partial charge on any atom is -0.312 e. The maximum absolute atomic E-state index is 4.48. The van der Waals surface area contributed by atoms with E-state index < -0.39 is 0 Å². The molecule has 0 fully saturated rings. The zero-order chi connectivity index (χ0) is 13.7. The van der Waals surface area contributed by atoms with Crippen molar-refractivity contribution < 1.29 is 0 Å². The Bertz CT molecular complexity index is 513. The lowest BCUT2D eigenvalue weighted by molar-refractivity contribution is 0.492. The van der Waals surface area contributed by atoms with E-state index in [2.05, 4.69) is 53.8 Å². The van der Waals surface area contributed by atoms with Crippen LogP contribution in [0.25, 0.3) is 0 Å². The van der Waals surface area contributed by atoms with E-state index in [9.17, 15) is 0 Å². The SMILES string of the molecule is CNC(c1ccccc1SC)C(C)c1ccccn1. The van der Waals surface area contributed by atoms with E-state index in [1.807, 2.05) is 25.4 Å². The van der Waals surface area contributed by atoms with Gasteiger partial charge in [-0.25, -0.2) is 0 Å². The third-order valence-corrected chi connectivity index (χ3v) is 4.25. The Labute approximate surface area is 119 Å². The van der Waals surface area contributed by atoms with E-state index in [1.165, 1.54) is 10.5 Å². The van der Waals surface area contributed by atoms with Crippen molar-refractivity contribution in [2.45, 2.75) is 23.8 Å². The van der Waals surface area contributed by atoms with Gasteiger partial charge in [0, 0.05) is 28.7 Å². The summed E-state index contributed by atoms with van der Waals surface area (Å²) in [6.45, 7) is 2.22. The van der Waals surface area contributed by atoms with Crippen molar-refractivity contribution >= 4 is 11.8 Å². The van der Waals surface area contributed by atoms with Crippen molar-refractivity contribution in [3.8, 4) is 0 Å². The van der Waals surface area contributed by atoms with Gasteiger partial charge in [-0.15, -0.1) is 11.8 Å². The zero-order valence-corrected chi connectivity index (χ0v) is 12.4.